The first kappa shape index (κ1) is 13.0. The van der Waals surface area contributed by atoms with Crippen molar-refractivity contribution in [3.63, 3.8) is 0 Å². The SMILES string of the molecule is CCCCC(C)[C@H](C)CCC(C)C. The van der Waals surface area contributed by atoms with Crippen LogP contribution in [0.3, 0.4) is 0 Å². The molecule has 0 fully saturated rings. The second-order valence-electron chi connectivity index (χ2n) is 5.07. The van der Waals surface area contributed by atoms with Crippen molar-refractivity contribution < 1.29 is 0 Å². The minimum atomic E-state index is 0.876. The maximum Gasteiger partial charge on any atom is -0.0417 e. The zero-order valence-electron chi connectivity index (χ0n) is 10.3. The first-order valence-corrected chi connectivity index (χ1v) is 6.07. The first-order valence-electron chi connectivity index (χ1n) is 6.07. The number of unbranched alkanes of at least 4 members (excludes halogenated alkanes) is 1. The van der Waals surface area contributed by atoms with Crippen LogP contribution in [0.4, 0.5) is 0 Å². The van der Waals surface area contributed by atoms with Gasteiger partial charge in [-0.1, -0.05) is 66.7 Å². The van der Waals surface area contributed by atoms with E-state index in [1.807, 2.05) is 0 Å². The highest BCUT2D eigenvalue weighted by Gasteiger charge is 2.11. The molecule has 0 nitrogen and oxygen atoms in total. The lowest BCUT2D eigenvalue weighted by Gasteiger charge is -2.20. The van der Waals surface area contributed by atoms with E-state index in [1.54, 1.807) is 0 Å². The summed E-state index contributed by atoms with van der Waals surface area (Å²) in [5.74, 6) is 2.73. The van der Waals surface area contributed by atoms with E-state index in [2.05, 4.69) is 34.6 Å². The normalized spacial score (nSPS) is 16.2. The van der Waals surface area contributed by atoms with Crippen LogP contribution in [0.2, 0.25) is 0 Å². The van der Waals surface area contributed by atoms with Crippen LogP contribution >= 0.6 is 0 Å². The summed E-state index contributed by atoms with van der Waals surface area (Å²) in [7, 11) is 0. The molecule has 0 spiro atoms. The van der Waals surface area contributed by atoms with Gasteiger partial charge in [0.25, 0.3) is 0 Å². The molecule has 0 aromatic heterocycles. The highest BCUT2D eigenvalue weighted by atomic mass is 14.2. The van der Waals surface area contributed by atoms with Gasteiger partial charge in [-0.05, 0) is 17.8 Å². The molecule has 0 aliphatic rings. The Morgan fingerprint density at radius 3 is 1.77 bits per heavy atom. The van der Waals surface area contributed by atoms with Crippen LogP contribution in [0.25, 0.3) is 0 Å². The Balaban J connectivity index is 3.50. The molecule has 0 heteroatoms. The number of rotatable bonds is 7. The second-order valence-corrected chi connectivity index (χ2v) is 5.07. The van der Waals surface area contributed by atoms with Crippen molar-refractivity contribution in [1.29, 1.82) is 0 Å². The molecule has 0 aromatic rings. The van der Waals surface area contributed by atoms with Gasteiger partial charge in [-0.25, -0.2) is 0 Å². The van der Waals surface area contributed by atoms with E-state index >= 15 is 0 Å². The fourth-order valence-electron chi connectivity index (χ4n) is 1.69. The van der Waals surface area contributed by atoms with Crippen molar-refractivity contribution in [3.05, 3.63) is 0 Å². The first-order chi connectivity index (χ1) is 6.07. The Labute approximate surface area is 85.1 Å². The van der Waals surface area contributed by atoms with Crippen LogP contribution in [-0.4, -0.2) is 0 Å². The van der Waals surface area contributed by atoms with Gasteiger partial charge < -0.3 is 0 Å². The van der Waals surface area contributed by atoms with Gasteiger partial charge in [-0.15, -0.1) is 0 Å². The van der Waals surface area contributed by atoms with Crippen molar-refractivity contribution in [2.45, 2.75) is 66.7 Å². The molecule has 0 aliphatic heterocycles. The Hall–Kier alpha value is 0. The summed E-state index contributed by atoms with van der Waals surface area (Å²) in [5, 5.41) is 0. The van der Waals surface area contributed by atoms with Crippen molar-refractivity contribution in [3.8, 4) is 0 Å². The number of hydrogen-bond acceptors (Lipinski definition) is 0. The van der Waals surface area contributed by atoms with Crippen molar-refractivity contribution in [2.75, 3.05) is 0 Å². The molecule has 2 atom stereocenters. The van der Waals surface area contributed by atoms with Crippen molar-refractivity contribution >= 4 is 0 Å². The Morgan fingerprint density at radius 2 is 1.31 bits per heavy atom. The molecule has 0 aromatic carbocycles. The van der Waals surface area contributed by atoms with Crippen molar-refractivity contribution in [2.24, 2.45) is 17.8 Å². The van der Waals surface area contributed by atoms with E-state index in [-0.39, 0.29) is 0 Å². The van der Waals surface area contributed by atoms with E-state index in [0.29, 0.717) is 0 Å². The lowest BCUT2D eigenvalue weighted by Crippen LogP contribution is -2.09. The maximum atomic E-state index is 2.42. The molecular formula is C13H28. The van der Waals surface area contributed by atoms with Crippen LogP contribution in [0.5, 0.6) is 0 Å². The zero-order chi connectivity index (χ0) is 10.3. The summed E-state index contributed by atoms with van der Waals surface area (Å²) in [5.41, 5.74) is 0. The Kier molecular flexibility index (Phi) is 7.41. The Bertz CT molecular complexity index is 105. The molecule has 13 heavy (non-hydrogen) atoms. The third-order valence-corrected chi connectivity index (χ3v) is 3.18. The standard InChI is InChI=1S/C13H28/c1-6-7-8-12(4)13(5)10-9-11(2)3/h11-13H,6-10H2,1-5H3/t12?,13-/m1/s1. The van der Waals surface area contributed by atoms with Gasteiger partial charge in [0.05, 0.1) is 0 Å². The minimum Gasteiger partial charge on any atom is -0.0654 e. The van der Waals surface area contributed by atoms with E-state index in [1.165, 1.54) is 32.1 Å². The largest absolute Gasteiger partial charge is 0.0654 e. The van der Waals surface area contributed by atoms with Crippen LogP contribution in [0.15, 0.2) is 0 Å². The van der Waals surface area contributed by atoms with Gasteiger partial charge in [0.15, 0.2) is 0 Å². The topological polar surface area (TPSA) is 0 Å². The summed E-state index contributed by atoms with van der Waals surface area (Å²) >= 11 is 0. The maximum absolute atomic E-state index is 2.42. The molecule has 80 valence electrons. The summed E-state index contributed by atoms with van der Waals surface area (Å²) in [6.45, 7) is 11.8. The zero-order valence-corrected chi connectivity index (χ0v) is 10.3. The van der Waals surface area contributed by atoms with E-state index in [4.69, 9.17) is 0 Å². The lowest BCUT2D eigenvalue weighted by molar-refractivity contribution is 0.315. The molecule has 0 amide bonds. The third kappa shape index (κ3) is 7.10. The molecule has 0 radical (unpaired) electrons. The molecule has 0 saturated carbocycles. The predicted octanol–water partition coefficient (Wildman–Crippen LogP) is 4.89. The van der Waals surface area contributed by atoms with Gasteiger partial charge >= 0.3 is 0 Å². The smallest absolute Gasteiger partial charge is 0.0417 e. The summed E-state index contributed by atoms with van der Waals surface area (Å²) in [4.78, 5) is 0. The average molecular weight is 184 g/mol. The molecule has 0 N–H and O–H groups in total. The minimum absolute atomic E-state index is 0.876. The van der Waals surface area contributed by atoms with Crippen LogP contribution in [-0.2, 0) is 0 Å². The van der Waals surface area contributed by atoms with Crippen molar-refractivity contribution in [1.82, 2.24) is 0 Å². The Morgan fingerprint density at radius 1 is 0.769 bits per heavy atom. The van der Waals surface area contributed by atoms with E-state index in [0.717, 1.165) is 17.8 Å². The highest BCUT2D eigenvalue weighted by Crippen LogP contribution is 2.23. The molecule has 1 unspecified atom stereocenters. The third-order valence-electron chi connectivity index (χ3n) is 3.18. The van der Waals surface area contributed by atoms with Crippen LogP contribution in [0.1, 0.15) is 66.7 Å². The van der Waals surface area contributed by atoms with Gasteiger partial charge in [0.2, 0.25) is 0 Å². The molecular weight excluding hydrogens is 156 g/mol. The van der Waals surface area contributed by atoms with Crippen LogP contribution < -0.4 is 0 Å². The summed E-state index contributed by atoms with van der Waals surface area (Å²) in [6.07, 6.45) is 7.00. The fourth-order valence-corrected chi connectivity index (χ4v) is 1.69. The monoisotopic (exact) mass is 184 g/mol. The van der Waals surface area contributed by atoms with Gasteiger partial charge in [0, 0.05) is 0 Å². The average Bonchev–Trinajstić information content (AvgIpc) is 2.10. The molecule has 0 saturated heterocycles. The summed E-state index contributed by atoms with van der Waals surface area (Å²) < 4.78 is 0. The van der Waals surface area contributed by atoms with E-state index < -0.39 is 0 Å². The second kappa shape index (κ2) is 7.41. The van der Waals surface area contributed by atoms with Gasteiger partial charge in [0.1, 0.15) is 0 Å². The molecule has 0 rings (SSSR count). The number of hydrogen-bond donors (Lipinski definition) is 0. The lowest BCUT2D eigenvalue weighted by atomic mass is 9.86. The fraction of sp³-hybridized carbons (Fsp3) is 1.00. The highest BCUT2D eigenvalue weighted by molar-refractivity contribution is 4.63. The van der Waals surface area contributed by atoms with E-state index in [9.17, 15) is 0 Å². The molecule has 0 bridgehead atoms. The molecule has 0 aliphatic carbocycles. The van der Waals surface area contributed by atoms with Gasteiger partial charge in [-0.2, -0.15) is 0 Å². The van der Waals surface area contributed by atoms with Crippen LogP contribution in [0, 0.1) is 17.8 Å². The summed E-state index contributed by atoms with van der Waals surface area (Å²) in [6, 6.07) is 0. The quantitative estimate of drug-likeness (QED) is 0.528. The predicted molar refractivity (Wildman–Crippen MR) is 61.9 cm³/mol. The van der Waals surface area contributed by atoms with Gasteiger partial charge in [-0.3, -0.25) is 0 Å². The molecule has 0 heterocycles.